The summed E-state index contributed by atoms with van der Waals surface area (Å²) in [5, 5.41) is 2.62. The Hall–Kier alpha value is -0.820. The second kappa shape index (κ2) is 3.51. The lowest BCUT2D eigenvalue weighted by atomic mass is 10.1. The Balaban J connectivity index is 2.66. The lowest BCUT2D eigenvalue weighted by Crippen LogP contribution is -1.79. The summed E-state index contributed by atoms with van der Waals surface area (Å²) in [5.74, 6) is 0. The molecule has 0 saturated carbocycles. The van der Waals surface area contributed by atoms with Gasteiger partial charge in [-0.15, -0.1) is 0 Å². The Morgan fingerprint density at radius 2 is 1.69 bits per heavy atom. The molecule has 0 unspecified atom stereocenters. The first-order valence-corrected chi connectivity index (χ1v) is 5.27. The summed E-state index contributed by atoms with van der Waals surface area (Å²) < 4.78 is 1.14. The van der Waals surface area contributed by atoms with Crippen molar-refractivity contribution in [1.29, 1.82) is 0 Å². The number of fused-ring (bicyclic) bond motifs is 1. The molecule has 0 N–H and O–H groups in total. The highest BCUT2D eigenvalue weighted by Crippen LogP contribution is 2.20. The van der Waals surface area contributed by atoms with Gasteiger partial charge in [-0.1, -0.05) is 47.1 Å². The van der Waals surface area contributed by atoms with Crippen LogP contribution in [0.4, 0.5) is 0 Å². The van der Waals surface area contributed by atoms with E-state index in [9.17, 15) is 0 Å². The van der Waals surface area contributed by atoms with E-state index in [0.717, 1.165) is 10.9 Å². The van der Waals surface area contributed by atoms with Crippen LogP contribution in [-0.2, 0) is 6.42 Å². The zero-order chi connectivity index (χ0) is 9.26. The van der Waals surface area contributed by atoms with Gasteiger partial charge in [0.1, 0.15) is 0 Å². The van der Waals surface area contributed by atoms with Crippen molar-refractivity contribution in [3.05, 3.63) is 46.4 Å². The third-order valence-electron chi connectivity index (χ3n) is 2.27. The topological polar surface area (TPSA) is 0 Å². The Morgan fingerprint density at radius 1 is 1.00 bits per heavy atom. The summed E-state index contributed by atoms with van der Waals surface area (Å²) in [6.07, 6.45) is 1.10. The van der Waals surface area contributed by atoms with Crippen molar-refractivity contribution in [2.24, 2.45) is 0 Å². The molecule has 0 saturated heterocycles. The van der Waals surface area contributed by atoms with E-state index in [0.29, 0.717) is 0 Å². The maximum atomic E-state index is 3.47. The van der Waals surface area contributed by atoms with Gasteiger partial charge in [0.25, 0.3) is 0 Å². The summed E-state index contributed by atoms with van der Waals surface area (Å²) in [6, 6.07) is 13.0. The molecule has 0 amide bonds. The average Bonchev–Trinajstić information content (AvgIpc) is 2.17. The van der Waals surface area contributed by atoms with E-state index in [1.807, 2.05) is 0 Å². The fourth-order valence-corrected chi connectivity index (χ4v) is 1.86. The number of hydrogen-bond acceptors (Lipinski definition) is 0. The predicted molar refractivity (Wildman–Crippen MR) is 61.0 cm³/mol. The smallest absolute Gasteiger partial charge is 0.0181 e. The average molecular weight is 235 g/mol. The second-order valence-corrected chi connectivity index (χ2v) is 4.10. The van der Waals surface area contributed by atoms with Crippen LogP contribution in [0.5, 0.6) is 0 Å². The number of benzene rings is 2. The fourth-order valence-electron chi connectivity index (χ4n) is 1.49. The molecule has 0 aliphatic carbocycles. The summed E-state index contributed by atoms with van der Waals surface area (Å²) in [5.41, 5.74) is 1.40. The Labute approximate surface area is 86.7 Å². The van der Waals surface area contributed by atoms with Crippen molar-refractivity contribution in [1.82, 2.24) is 0 Å². The Bertz CT molecular complexity index is 432. The summed E-state index contributed by atoms with van der Waals surface area (Å²) in [6.45, 7) is 2.18. The largest absolute Gasteiger partial charge is 0.0613 e. The van der Waals surface area contributed by atoms with Crippen molar-refractivity contribution in [3.63, 3.8) is 0 Å². The van der Waals surface area contributed by atoms with Crippen LogP contribution in [-0.4, -0.2) is 0 Å². The predicted octanol–water partition coefficient (Wildman–Crippen LogP) is 4.16. The van der Waals surface area contributed by atoms with Crippen LogP contribution >= 0.6 is 15.9 Å². The summed E-state index contributed by atoms with van der Waals surface area (Å²) in [4.78, 5) is 0. The van der Waals surface area contributed by atoms with Gasteiger partial charge in [0.15, 0.2) is 0 Å². The molecule has 0 heterocycles. The molecule has 0 aliphatic rings. The standard InChI is InChI=1S/C12H11Br/c1-2-9-3-4-11-8-12(13)6-5-10(11)7-9/h3-8H,2H2,1H3. The highest BCUT2D eigenvalue weighted by molar-refractivity contribution is 9.10. The molecule has 0 spiro atoms. The molecular formula is C12H11Br. The van der Waals surface area contributed by atoms with Gasteiger partial charge in [0.2, 0.25) is 0 Å². The van der Waals surface area contributed by atoms with Crippen molar-refractivity contribution in [2.75, 3.05) is 0 Å². The van der Waals surface area contributed by atoms with Gasteiger partial charge >= 0.3 is 0 Å². The number of aryl methyl sites for hydroxylation is 1. The van der Waals surface area contributed by atoms with E-state index < -0.39 is 0 Å². The molecule has 0 fully saturated rings. The van der Waals surface area contributed by atoms with Crippen LogP contribution < -0.4 is 0 Å². The lowest BCUT2D eigenvalue weighted by molar-refractivity contribution is 1.15. The number of rotatable bonds is 1. The van der Waals surface area contributed by atoms with Gasteiger partial charge in [-0.2, -0.15) is 0 Å². The van der Waals surface area contributed by atoms with Gasteiger partial charge in [-0.25, -0.2) is 0 Å². The summed E-state index contributed by atoms with van der Waals surface area (Å²) in [7, 11) is 0. The fraction of sp³-hybridized carbons (Fsp3) is 0.167. The van der Waals surface area contributed by atoms with Crippen molar-refractivity contribution >= 4 is 26.7 Å². The van der Waals surface area contributed by atoms with Crippen LogP contribution in [0.2, 0.25) is 0 Å². The molecule has 0 radical (unpaired) electrons. The first-order valence-electron chi connectivity index (χ1n) is 4.48. The highest BCUT2D eigenvalue weighted by atomic mass is 79.9. The third-order valence-corrected chi connectivity index (χ3v) is 2.77. The second-order valence-electron chi connectivity index (χ2n) is 3.18. The van der Waals surface area contributed by atoms with Gasteiger partial charge in [-0.05, 0) is 34.9 Å². The zero-order valence-electron chi connectivity index (χ0n) is 7.55. The Kier molecular flexibility index (Phi) is 2.36. The number of halogens is 1. The van der Waals surface area contributed by atoms with Crippen LogP contribution in [0.15, 0.2) is 40.9 Å². The third kappa shape index (κ3) is 1.75. The molecule has 0 aromatic heterocycles. The molecule has 66 valence electrons. The van der Waals surface area contributed by atoms with Crippen LogP contribution in [0.25, 0.3) is 10.8 Å². The SMILES string of the molecule is CCc1ccc2cc(Br)ccc2c1. The zero-order valence-corrected chi connectivity index (χ0v) is 9.14. The molecular weight excluding hydrogens is 224 g/mol. The van der Waals surface area contributed by atoms with Crippen LogP contribution in [0.1, 0.15) is 12.5 Å². The minimum Gasteiger partial charge on any atom is -0.0613 e. The van der Waals surface area contributed by atoms with Crippen LogP contribution in [0.3, 0.4) is 0 Å². The normalized spacial score (nSPS) is 10.6. The van der Waals surface area contributed by atoms with Crippen molar-refractivity contribution < 1.29 is 0 Å². The van der Waals surface area contributed by atoms with Crippen molar-refractivity contribution in [2.45, 2.75) is 13.3 Å². The van der Waals surface area contributed by atoms with Crippen LogP contribution in [0, 0.1) is 0 Å². The van der Waals surface area contributed by atoms with E-state index in [2.05, 4.69) is 59.3 Å². The Morgan fingerprint density at radius 3 is 2.46 bits per heavy atom. The quantitative estimate of drug-likeness (QED) is 0.696. The lowest BCUT2D eigenvalue weighted by Gasteiger charge is -2.01. The minimum absolute atomic E-state index is 1.10. The van der Waals surface area contributed by atoms with Crippen molar-refractivity contribution in [3.8, 4) is 0 Å². The molecule has 0 bridgehead atoms. The minimum atomic E-state index is 1.10. The first-order chi connectivity index (χ1) is 6.29. The molecule has 2 rings (SSSR count). The molecule has 0 aliphatic heterocycles. The molecule has 2 aromatic carbocycles. The molecule has 0 atom stereocenters. The molecule has 0 nitrogen and oxygen atoms in total. The van der Waals surface area contributed by atoms with Gasteiger partial charge < -0.3 is 0 Å². The van der Waals surface area contributed by atoms with E-state index in [1.165, 1.54) is 16.3 Å². The van der Waals surface area contributed by atoms with E-state index in [4.69, 9.17) is 0 Å². The van der Waals surface area contributed by atoms with E-state index in [1.54, 1.807) is 0 Å². The first kappa shape index (κ1) is 8.76. The van der Waals surface area contributed by atoms with E-state index >= 15 is 0 Å². The maximum absolute atomic E-state index is 3.47. The molecule has 1 heteroatoms. The molecule has 2 aromatic rings. The monoisotopic (exact) mass is 234 g/mol. The summed E-state index contributed by atoms with van der Waals surface area (Å²) >= 11 is 3.47. The molecule has 13 heavy (non-hydrogen) atoms. The van der Waals surface area contributed by atoms with Gasteiger partial charge in [-0.3, -0.25) is 0 Å². The van der Waals surface area contributed by atoms with E-state index in [-0.39, 0.29) is 0 Å². The maximum Gasteiger partial charge on any atom is 0.0181 e. The highest BCUT2D eigenvalue weighted by Gasteiger charge is 1.95. The van der Waals surface area contributed by atoms with Gasteiger partial charge in [0.05, 0.1) is 0 Å². The van der Waals surface area contributed by atoms with Gasteiger partial charge in [0, 0.05) is 4.47 Å². The number of hydrogen-bond donors (Lipinski definition) is 0.